The molecule has 0 aliphatic carbocycles. The number of barbiturate groups is 1. The van der Waals surface area contributed by atoms with Crippen molar-refractivity contribution in [3.8, 4) is 5.69 Å². The molecule has 3 aromatic rings. The fraction of sp³-hybridized carbons (Fsp3) is 0.154. The number of imide groups is 2. The summed E-state index contributed by atoms with van der Waals surface area (Å²) < 4.78 is 1.76. The van der Waals surface area contributed by atoms with Gasteiger partial charge in [-0.3, -0.25) is 14.9 Å². The fourth-order valence-electron chi connectivity index (χ4n) is 4.28. The van der Waals surface area contributed by atoms with E-state index in [0.29, 0.717) is 22.6 Å². The summed E-state index contributed by atoms with van der Waals surface area (Å²) in [6.45, 7) is 7.29. The number of para-hydroxylation sites is 1. The van der Waals surface area contributed by atoms with E-state index in [1.165, 1.54) is 12.1 Å². The molecular formula is C26H23N3O5. The van der Waals surface area contributed by atoms with Gasteiger partial charge in [0.1, 0.15) is 5.57 Å². The summed E-state index contributed by atoms with van der Waals surface area (Å²) >= 11 is 0. The zero-order valence-electron chi connectivity index (χ0n) is 19.2. The standard InChI is InChI=1S/C26H23N3O5/c1-14-9-15(2)11-19(10-14)29-24(31)21(23(30)27-26(29)34)13-18-12-16(3)28(17(18)4)22-8-6-5-7-20(22)25(32)33/h5-13H,1-4H3,(H,32,33)(H,27,30,34)/b21-13+. The van der Waals surface area contributed by atoms with Gasteiger partial charge in [0, 0.05) is 11.4 Å². The van der Waals surface area contributed by atoms with Crippen molar-refractivity contribution in [3.63, 3.8) is 0 Å². The van der Waals surface area contributed by atoms with Gasteiger partial charge in [-0.15, -0.1) is 0 Å². The van der Waals surface area contributed by atoms with Crippen LogP contribution in [0, 0.1) is 27.7 Å². The van der Waals surface area contributed by atoms with Crippen molar-refractivity contribution in [3.05, 3.63) is 87.7 Å². The monoisotopic (exact) mass is 457 g/mol. The molecule has 34 heavy (non-hydrogen) atoms. The number of aryl methyl sites for hydroxylation is 3. The number of hydrogen-bond donors (Lipinski definition) is 2. The molecule has 4 amide bonds. The number of benzene rings is 2. The Kier molecular flexibility index (Phi) is 5.66. The third-order valence-corrected chi connectivity index (χ3v) is 5.71. The molecule has 1 aliphatic rings. The molecule has 0 radical (unpaired) electrons. The van der Waals surface area contributed by atoms with Crippen molar-refractivity contribution < 1.29 is 24.3 Å². The predicted octanol–water partition coefficient (Wildman–Crippen LogP) is 4.08. The second-order valence-corrected chi connectivity index (χ2v) is 8.29. The van der Waals surface area contributed by atoms with Gasteiger partial charge in [0.25, 0.3) is 11.8 Å². The van der Waals surface area contributed by atoms with E-state index < -0.39 is 23.8 Å². The molecule has 0 bridgehead atoms. The van der Waals surface area contributed by atoms with Crippen molar-refractivity contribution in [2.45, 2.75) is 27.7 Å². The molecule has 1 fully saturated rings. The van der Waals surface area contributed by atoms with E-state index in [1.54, 1.807) is 47.9 Å². The number of aromatic carboxylic acids is 1. The average Bonchev–Trinajstić information content (AvgIpc) is 3.03. The lowest BCUT2D eigenvalue weighted by atomic mass is 10.1. The van der Waals surface area contributed by atoms with Crippen LogP contribution in [-0.4, -0.2) is 33.5 Å². The lowest BCUT2D eigenvalue weighted by molar-refractivity contribution is -0.122. The van der Waals surface area contributed by atoms with Crippen LogP contribution in [0.1, 0.15) is 38.4 Å². The molecule has 2 heterocycles. The van der Waals surface area contributed by atoms with Crippen molar-refractivity contribution in [2.24, 2.45) is 0 Å². The van der Waals surface area contributed by atoms with Crippen molar-refractivity contribution >= 4 is 35.6 Å². The highest BCUT2D eigenvalue weighted by molar-refractivity contribution is 6.39. The van der Waals surface area contributed by atoms with E-state index in [4.69, 9.17) is 0 Å². The molecule has 2 aromatic carbocycles. The lowest BCUT2D eigenvalue weighted by Gasteiger charge is -2.27. The fourth-order valence-corrected chi connectivity index (χ4v) is 4.28. The number of rotatable bonds is 4. The van der Waals surface area contributed by atoms with Gasteiger partial charge in [-0.1, -0.05) is 18.2 Å². The highest BCUT2D eigenvalue weighted by Crippen LogP contribution is 2.28. The third kappa shape index (κ3) is 3.90. The second-order valence-electron chi connectivity index (χ2n) is 8.29. The number of carboxylic acid groups (broad SMARTS) is 1. The first-order valence-corrected chi connectivity index (χ1v) is 10.6. The zero-order valence-corrected chi connectivity index (χ0v) is 19.2. The van der Waals surface area contributed by atoms with Crippen LogP contribution < -0.4 is 10.2 Å². The molecule has 1 aliphatic heterocycles. The number of nitrogens with zero attached hydrogens (tertiary/aromatic N) is 2. The Morgan fingerprint density at radius 1 is 0.941 bits per heavy atom. The number of carbonyl (C=O) groups excluding carboxylic acids is 3. The molecule has 8 heteroatoms. The van der Waals surface area contributed by atoms with Gasteiger partial charge in [-0.2, -0.15) is 0 Å². The topological polar surface area (TPSA) is 109 Å². The molecule has 0 saturated carbocycles. The highest BCUT2D eigenvalue weighted by atomic mass is 16.4. The molecule has 172 valence electrons. The summed E-state index contributed by atoms with van der Waals surface area (Å²) in [6.07, 6.45) is 1.43. The van der Waals surface area contributed by atoms with Crippen LogP contribution in [0.3, 0.4) is 0 Å². The van der Waals surface area contributed by atoms with Crippen molar-refractivity contribution in [1.82, 2.24) is 9.88 Å². The van der Waals surface area contributed by atoms with Gasteiger partial charge < -0.3 is 9.67 Å². The number of carbonyl (C=O) groups is 4. The number of aromatic nitrogens is 1. The number of nitrogens with one attached hydrogen (secondary N) is 1. The molecule has 8 nitrogen and oxygen atoms in total. The Balaban J connectivity index is 1.81. The quantitative estimate of drug-likeness (QED) is 0.453. The van der Waals surface area contributed by atoms with E-state index in [2.05, 4.69) is 5.32 Å². The summed E-state index contributed by atoms with van der Waals surface area (Å²) in [4.78, 5) is 51.1. The minimum Gasteiger partial charge on any atom is -0.478 e. The molecule has 0 spiro atoms. The van der Waals surface area contributed by atoms with Gasteiger partial charge in [0.2, 0.25) is 0 Å². The Bertz CT molecular complexity index is 1390. The molecule has 1 saturated heterocycles. The third-order valence-electron chi connectivity index (χ3n) is 5.71. The van der Waals surface area contributed by atoms with Crippen LogP contribution in [0.2, 0.25) is 0 Å². The van der Waals surface area contributed by atoms with Gasteiger partial charge in [0.15, 0.2) is 0 Å². The first-order chi connectivity index (χ1) is 16.1. The summed E-state index contributed by atoms with van der Waals surface area (Å²) in [5, 5.41) is 11.8. The SMILES string of the molecule is Cc1cc(C)cc(N2C(=O)NC(=O)/C(=C\c3cc(C)n(-c4ccccc4C(=O)O)c3C)C2=O)c1. The van der Waals surface area contributed by atoms with Gasteiger partial charge >= 0.3 is 12.0 Å². The van der Waals surface area contributed by atoms with Crippen LogP contribution in [0.4, 0.5) is 10.5 Å². The Morgan fingerprint density at radius 2 is 1.59 bits per heavy atom. The number of amides is 4. The molecule has 2 N–H and O–H groups in total. The van der Waals surface area contributed by atoms with Crippen molar-refractivity contribution in [1.29, 1.82) is 0 Å². The maximum atomic E-state index is 13.3. The van der Waals surface area contributed by atoms with E-state index in [-0.39, 0.29) is 11.1 Å². The van der Waals surface area contributed by atoms with Crippen molar-refractivity contribution in [2.75, 3.05) is 4.90 Å². The molecule has 1 aromatic heterocycles. The minimum atomic E-state index is -1.06. The largest absolute Gasteiger partial charge is 0.478 e. The predicted molar refractivity (Wildman–Crippen MR) is 127 cm³/mol. The van der Waals surface area contributed by atoms with E-state index in [0.717, 1.165) is 21.7 Å². The number of hydrogen-bond acceptors (Lipinski definition) is 4. The molecule has 0 unspecified atom stereocenters. The summed E-state index contributed by atoms with van der Waals surface area (Å²) in [7, 11) is 0. The van der Waals surface area contributed by atoms with Crippen LogP contribution >= 0.6 is 0 Å². The second kappa shape index (κ2) is 8.47. The first kappa shape index (κ1) is 22.7. The summed E-state index contributed by atoms with van der Waals surface area (Å²) in [5.41, 5.74) is 4.47. The highest BCUT2D eigenvalue weighted by Gasteiger charge is 2.37. The van der Waals surface area contributed by atoms with Gasteiger partial charge in [0.05, 0.1) is 16.9 Å². The first-order valence-electron chi connectivity index (χ1n) is 10.6. The molecular weight excluding hydrogens is 434 g/mol. The minimum absolute atomic E-state index is 0.126. The number of carboxylic acids is 1. The van der Waals surface area contributed by atoms with Crippen LogP contribution in [0.25, 0.3) is 11.8 Å². The normalized spacial score (nSPS) is 15.1. The van der Waals surface area contributed by atoms with Crippen LogP contribution in [0.15, 0.2) is 54.1 Å². The lowest BCUT2D eigenvalue weighted by Crippen LogP contribution is -2.54. The smallest absolute Gasteiger partial charge is 0.337 e. The van der Waals surface area contributed by atoms with Gasteiger partial charge in [-0.25, -0.2) is 14.5 Å². The molecule has 4 rings (SSSR count). The number of anilines is 1. The Morgan fingerprint density at radius 3 is 2.24 bits per heavy atom. The van der Waals surface area contributed by atoms with E-state index >= 15 is 0 Å². The van der Waals surface area contributed by atoms with E-state index in [1.807, 2.05) is 26.8 Å². The van der Waals surface area contributed by atoms with Crippen LogP contribution in [-0.2, 0) is 9.59 Å². The van der Waals surface area contributed by atoms with Gasteiger partial charge in [-0.05, 0) is 80.8 Å². The Labute approximate surface area is 196 Å². The Hall–Kier alpha value is -4.46. The average molecular weight is 457 g/mol. The van der Waals surface area contributed by atoms with Crippen LogP contribution in [0.5, 0.6) is 0 Å². The van der Waals surface area contributed by atoms with E-state index in [9.17, 15) is 24.3 Å². The number of urea groups is 1. The summed E-state index contributed by atoms with van der Waals surface area (Å²) in [6, 6.07) is 12.9. The maximum Gasteiger partial charge on any atom is 0.337 e. The summed E-state index contributed by atoms with van der Waals surface area (Å²) in [5.74, 6) is -2.58. The maximum absolute atomic E-state index is 13.3. The molecule has 0 atom stereocenters. The zero-order chi connectivity index (χ0) is 24.7.